The lowest BCUT2D eigenvalue weighted by molar-refractivity contribution is -0.384. The molecular weight excluding hydrogens is 363 g/mol. The number of aromatic nitrogens is 2. The van der Waals surface area contributed by atoms with Gasteiger partial charge in [-0.3, -0.25) is 15.0 Å². The van der Waals surface area contributed by atoms with E-state index in [2.05, 4.69) is 10.1 Å². The van der Waals surface area contributed by atoms with Gasteiger partial charge in [0, 0.05) is 29.3 Å². The van der Waals surface area contributed by atoms with Crippen LogP contribution in [0.4, 0.5) is 10.1 Å². The largest absolute Gasteiger partial charge is 0.338 e. The zero-order valence-corrected chi connectivity index (χ0v) is 14.5. The van der Waals surface area contributed by atoms with Gasteiger partial charge in [-0.15, -0.1) is 0 Å². The molecule has 0 saturated carbocycles. The second-order valence-corrected chi connectivity index (χ2v) is 6.13. The number of hydrogen-bond acceptors (Lipinski definition) is 6. The van der Waals surface area contributed by atoms with E-state index in [4.69, 9.17) is 16.1 Å². The lowest BCUT2D eigenvalue weighted by Crippen LogP contribution is -2.17. The number of non-ortho nitro benzene ring substituents is 1. The number of nitro groups is 1. The molecule has 7 nitrogen and oxygen atoms in total. The van der Waals surface area contributed by atoms with E-state index in [9.17, 15) is 14.5 Å². The highest BCUT2D eigenvalue weighted by atomic mass is 35.5. The summed E-state index contributed by atoms with van der Waals surface area (Å²) < 4.78 is 18.2. The van der Waals surface area contributed by atoms with Gasteiger partial charge >= 0.3 is 0 Å². The molecule has 0 aliphatic rings. The van der Waals surface area contributed by atoms with Crippen LogP contribution in [0.5, 0.6) is 0 Å². The molecule has 0 aliphatic heterocycles. The predicted octanol–water partition coefficient (Wildman–Crippen LogP) is 4.07. The highest BCUT2D eigenvalue weighted by Crippen LogP contribution is 2.24. The van der Waals surface area contributed by atoms with Gasteiger partial charge in [-0.2, -0.15) is 4.98 Å². The van der Waals surface area contributed by atoms with E-state index in [0.717, 1.165) is 0 Å². The number of nitro benzene ring substituents is 1. The lowest BCUT2D eigenvalue weighted by Gasteiger charge is -2.15. The quantitative estimate of drug-likeness (QED) is 0.476. The summed E-state index contributed by atoms with van der Waals surface area (Å²) in [6, 6.07) is 10.1. The predicted molar refractivity (Wildman–Crippen MR) is 93.0 cm³/mol. The third-order valence-electron chi connectivity index (χ3n) is 3.66. The first-order chi connectivity index (χ1) is 12.4. The van der Waals surface area contributed by atoms with Gasteiger partial charge < -0.3 is 4.52 Å². The molecule has 1 aromatic heterocycles. The van der Waals surface area contributed by atoms with Crippen LogP contribution in [-0.4, -0.2) is 27.0 Å². The van der Waals surface area contributed by atoms with Crippen LogP contribution in [0.1, 0.15) is 11.5 Å². The van der Waals surface area contributed by atoms with Crippen molar-refractivity contribution in [2.75, 3.05) is 7.05 Å². The Hall–Kier alpha value is -2.84. The third kappa shape index (κ3) is 4.22. The van der Waals surface area contributed by atoms with E-state index in [1.165, 1.54) is 30.3 Å². The summed E-state index contributed by atoms with van der Waals surface area (Å²) in [5.41, 5.74) is 1.25. The number of halogens is 2. The Bertz CT molecular complexity index is 930. The minimum absolute atomic E-state index is 0.0193. The van der Waals surface area contributed by atoms with E-state index in [1.54, 1.807) is 19.2 Å². The van der Waals surface area contributed by atoms with Gasteiger partial charge in [0.1, 0.15) is 5.82 Å². The molecule has 134 valence electrons. The molecule has 0 unspecified atom stereocenters. The van der Waals surface area contributed by atoms with Crippen LogP contribution < -0.4 is 0 Å². The summed E-state index contributed by atoms with van der Waals surface area (Å²) in [4.78, 5) is 16.5. The molecule has 0 radical (unpaired) electrons. The van der Waals surface area contributed by atoms with Crippen molar-refractivity contribution in [1.82, 2.24) is 15.0 Å². The highest BCUT2D eigenvalue weighted by Gasteiger charge is 2.14. The molecule has 0 atom stereocenters. The summed E-state index contributed by atoms with van der Waals surface area (Å²) in [5, 5.41) is 15.2. The van der Waals surface area contributed by atoms with Crippen LogP contribution in [0.2, 0.25) is 5.02 Å². The van der Waals surface area contributed by atoms with Crippen molar-refractivity contribution in [2.45, 2.75) is 13.1 Å². The monoisotopic (exact) mass is 376 g/mol. The minimum atomic E-state index is -0.465. The topological polar surface area (TPSA) is 85.3 Å². The molecule has 0 amide bonds. The molecule has 0 saturated heterocycles. The van der Waals surface area contributed by atoms with Gasteiger partial charge in [0.25, 0.3) is 5.69 Å². The van der Waals surface area contributed by atoms with Crippen molar-refractivity contribution in [3.8, 4) is 11.4 Å². The van der Waals surface area contributed by atoms with Gasteiger partial charge in [-0.05, 0) is 42.9 Å². The van der Waals surface area contributed by atoms with E-state index in [1.807, 2.05) is 4.90 Å². The van der Waals surface area contributed by atoms with Crippen LogP contribution in [0.3, 0.4) is 0 Å². The molecule has 1 heterocycles. The van der Waals surface area contributed by atoms with Crippen molar-refractivity contribution in [2.24, 2.45) is 0 Å². The molecule has 2 aromatic carbocycles. The fraction of sp³-hybridized carbons (Fsp3) is 0.176. The molecule has 0 fully saturated rings. The summed E-state index contributed by atoms with van der Waals surface area (Å²) in [6.07, 6.45) is 0. The fourth-order valence-electron chi connectivity index (χ4n) is 2.41. The molecule has 0 N–H and O–H groups in total. The molecule has 3 rings (SSSR count). The van der Waals surface area contributed by atoms with Crippen molar-refractivity contribution in [3.05, 3.63) is 74.9 Å². The van der Waals surface area contributed by atoms with Gasteiger partial charge in [-0.25, -0.2) is 4.39 Å². The van der Waals surface area contributed by atoms with Crippen molar-refractivity contribution >= 4 is 17.3 Å². The second-order valence-electron chi connectivity index (χ2n) is 5.72. The number of benzene rings is 2. The van der Waals surface area contributed by atoms with Gasteiger partial charge in [0.15, 0.2) is 0 Å². The maximum atomic E-state index is 13.0. The summed E-state index contributed by atoms with van der Waals surface area (Å²) in [7, 11) is 1.80. The summed E-state index contributed by atoms with van der Waals surface area (Å²) in [5.74, 6) is 0.390. The molecular formula is C17H14ClFN4O3. The Balaban J connectivity index is 1.69. The zero-order valence-electron chi connectivity index (χ0n) is 13.7. The van der Waals surface area contributed by atoms with E-state index < -0.39 is 4.92 Å². The SMILES string of the molecule is CN(Cc1nc(-c2ccc(F)cc2)no1)Cc1cc([N+](=O)[O-])ccc1Cl. The number of rotatable bonds is 6. The molecule has 0 aliphatic carbocycles. The van der Waals surface area contributed by atoms with Crippen molar-refractivity contribution in [1.29, 1.82) is 0 Å². The van der Waals surface area contributed by atoms with Crippen molar-refractivity contribution in [3.63, 3.8) is 0 Å². The Labute approximate surface area is 153 Å². The fourth-order valence-corrected chi connectivity index (χ4v) is 2.59. The van der Waals surface area contributed by atoms with Crippen LogP contribution in [0.15, 0.2) is 47.0 Å². The van der Waals surface area contributed by atoms with Crippen LogP contribution in [0.25, 0.3) is 11.4 Å². The van der Waals surface area contributed by atoms with Crippen LogP contribution in [-0.2, 0) is 13.1 Å². The van der Waals surface area contributed by atoms with Crippen molar-refractivity contribution < 1.29 is 13.8 Å². The Morgan fingerprint density at radius 3 is 2.65 bits per heavy atom. The zero-order chi connectivity index (χ0) is 18.7. The van der Waals surface area contributed by atoms with Crippen LogP contribution >= 0.6 is 11.6 Å². The van der Waals surface area contributed by atoms with Gasteiger partial charge in [-0.1, -0.05) is 16.8 Å². The van der Waals surface area contributed by atoms with E-state index in [0.29, 0.717) is 41.0 Å². The number of hydrogen-bond donors (Lipinski definition) is 0. The standard InChI is InChI=1S/C17H14ClFN4O3/c1-22(9-12-8-14(23(24)25)6-7-15(12)18)10-16-20-17(21-26-16)11-2-4-13(19)5-3-11/h2-8H,9-10H2,1H3. The average molecular weight is 377 g/mol. The first kappa shape index (κ1) is 18.0. The maximum Gasteiger partial charge on any atom is 0.269 e. The molecule has 0 spiro atoms. The average Bonchev–Trinajstić information content (AvgIpc) is 3.05. The second kappa shape index (κ2) is 7.59. The normalized spacial score (nSPS) is 11.1. The molecule has 0 bridgehead atoms. The molecule has 26 heavy (non-hydrogen) atoms. The highest BCUT2D eigenvalue weighted by molar-refractivity contribution is 6.31. The minimum Gasteiger partial charge on any atom is -0.338 e. The molecule has 3 aromatic rings. The smallest absolute Gasteiger partial charge is 0.269 e. The Morgan fingerprint density at radius 2 is 1.96 bits per heavy atom. The van der Waals surface area contributed by atoms with Gasteiger partial charge in [0.2, 0.25) is 11.7 Å². The maximum absolute atomic E-state index is 13.0. The summed E-state index contributed by atoms with van der Waals surface area (Å²) in [6.45, 7) is 0.696. The third-order valence-corrected chi connectivity index (χ3v) is 4.02. The van der Waals surface area contributed by atoms with Crippen LogP contribution in [0, 0.1) is 15.9 Å². The first-order valence-corrected chi connectivity index (χ1v) is 8.00. The van der Waals surface area contributed by atoms with Gasteiger partial charge in [0.05, 0.1) is 11.5 Å². The Kier molecular flexibility index (Phi) is 5.24. The number of nitrogens with zero attached hydrogens (tertiary/aromatic N) is 4. The van der Waals surface area contributed by atoms with E-state index >= 15 is 0 Å². The first-order valence-electron chi connectivity index (χ1n) is 7.62. The van der Waals surface area contributed by atoms with E-state index in [-0.39, 0.29) is 11.5 Å². The Morgan fingerprint density at radius 1 is 1.23 bits per heavy atom. The lowest BCUT2D eigenvalue weighted by atomic mass is 10.2. The summed E-state index contributed by atoms with van der Waals surface area (Å²) >= 11 is 6.11. The molecule has 9 heteroatoms.